The van der Waals surface area contributed by atoms with Gasteiger partial charge in [-0.15, -0.1) is 0 Å². The van der Waals surface area contributed by atoms with Gasteiger partial charge in [-0.2, -0.15) is 4.98 Å². The summed E-state index contributed by atoms with van der Waals surface area (Å²) in [5, 5.41) is 13.0. The lowest BCUT2D eigenvalue weighted by Gasteiger charge is -2.08. The molecule has 1 aliphatic rings. The molecule has 2 rings (SSSR count). The fourth-order valence-corrected chi connectivity index (χ4v) is 1.27. The molecular formula is C9H15N3O2. The summed E-state index contributed by atoms with van der Waals surface area (Å²) in [4.78, 5) is 4.15. The highest BCUT2D eigenvalue weighted by atomic mass is 16.5. The van der Waals surface area contributed by atoms with Crippen LogP contribution in [0.3, 0.4) is 0 Å². The summed E-state index contributed by atoms with van der Waals surface area (Å²) in [7, 11) is 0. The van der Waals surface area contributed by atoms with Crippen LogP contribution in [0.4, 0.5) is 0 Å². The maximum atomic E-state index is 9.23. The van der Waals surface area contributed by atoms with Crippen LogP contribution < -0.4 is 5.73 Å². The normalized spacial score (nSPS) is 20.8. The zero-order valence-electron chi connectivity index (χ0n) is 8.18. The van der Waals surface area contributed by atoms with Gasteiger partial charge in [-0.1, -0.05) is 5.16 Å². The van der Waals surface area contributed by atoms with Crippen molar-refractivity contribution < 1.29 is 9.63 Å². The minimum absolute atomic E-state index is 0.329. The molecule has 1 aliphatic carbocycles. The first-order valence-electron chi connectivity index (χ1n) is 4.93. The number of nitrogens with two attached hydrogens (primary N) is 1. The zero-order valence-corrected chi connectivity index (χ0v) is 8.18. The van der Waals surface area contributed by atoms with E-state index in [9.17, 15) is 5.11 Å². The molecule has 3 N–H and O–H groups in total. The van der Waals surface area contributed by atoms with Crippen LogP contribution in [-0.4, -0.2) is 21.4 Å². The van der Waals surface area contributed by atoms with Crippen LogP contribution in [0.1, 0.15) is 37.5 Å². The number of aliphatic hydroxyl groups is 1. The first kappa shape index (κ1) is 9.61. The van der Waals surface area contributed by atoms with Gasteiger partial charge < -0.3 is 15.4 Å². The Morgan fingerprint density at radius 1 is 1.64 bits per heavy atom. The first-order chi connectivity index (χ1) is 6.66. The average Bonchev–Trinajstić information content (AvgIpc) is 2.81. The highest BCUT2D eigenvalue weighted by Crippen LogP contribution is 2.31. The number of aliphatic hydroxyl groups excluding tert-OH is 1. The lowest BCUT2D eigenvalue weighted by Crippen LogP contribution is -2.23. The second-order valence-electron chi connectivity index (χ2n) is 3.96. The van der Waals surface area contributed by atoms with Crippen LogP contribution in [0, 0.1) is 5.92 Å². The lowest BCUT2D eigenvalue weighted by molar-refractivity contribution is 0.146. The molecule has 78 valence electrons. The van der Waals surface area contributed by atoms with E-state index >= 15 is 0 Å². The van der Waals surface area contributed by atoms with Crippen molar-refractivity contribution in [2.45, 2.75) is 38.3 Å². The Morgan fingerprint density at radius 3 is 2.93 bits per heavy atom. The minimum Gasteiger partial charge on any atom is -0.391 e. The molecule has 0 spiro atoms. The van der Waals surface area contributed by atoms with Crippen molar-refractivity contribution >= 4 is 0 Å². The van der Waals surface area contributed by atoms with Crippen molar-refractivity contribution in [3.05, 3.63) is 11.7 Å². The molecule has 5 nitrogen and oxygen atoms in total. The lowest BCUT2D eigenvalue weighted by atomic mass is 10.2. The SMILES string of the molecule is C[C@@H](O)[C@H](N)c1nc(CC2CC2)no1. The molecule has 1 saturated carbocycles. The van der Waals surface area contributed by atoms with Crippen molar-refractivity contribution in [2.24, 2.45) is 11.7 Å². The number of hydrogen-bond acceptors (Lipinski definition) is 5. The van der Waals surface area contributed by atoms with Crippen molar-refractivity contribution in [1.82, 2.24) is 10.1 Å². The second-order valence-corrected chi connectivity index (χ2v) is 3.96. The molecule has 0 amide bonds. The quantitative estimate of drug-likeness (QED) is 0.729. The summed E-state index contributed by atoms with van der Waals surface area (Å²) in [6, 6.07) is -0.574. The van der Waals surface area contributed by atoms with Gasteiger partial charge in [0.1, 0.15) is 6.04 Å². The van der Waals surface area contributed by atoms with Gasteiger partial charge in [-0.3, -0.25) is 0 Å². The van der Waals surface area contributed by atoms with Crippen molar-refractivity contribution in [2.75, 3.05) is 0 Å². The molecule has 5 heteroatoms. The highest BCUT2D eigenvalue weighted by Gasteiger charge is 2.25. The Morgan fingerprint density at radius 2 is 2.36 bits per heavy atom. The Balaban J connectivity index is 2.00. The van der Waals surface area contributed by atoms with E-state index in [1.165, 1.54) is 12.8 Å². The zero-order chi connectivity index (χ0) is 10.1. The maximum Gasteiger partial charge on any atom is 0.246 e. The Hall–Kier alpha value is -0.940. The van der Waals surface area contributed by atoms with E-state index in [1.54, 1.807) is 6.92 Å². The van der Waals surface area contributed by atoms with Crippen LogP contribution in [0.25, 0.3) is 0 Å². The molecular weight excluding hydrogens is 182 g/mol. The molecule has 0 saturated heterocycles. The van der Waals surface area contributed by atoms with E-state index in [0.717, 1.165) is 12.3 Å². The molecule has 1 aromatic heterocycles. The topological polar surface area (TPSA) is 85.2 Å². The second kappa shape index (κ2) is 3.67. The molecule has 0 bridgehead atoms. The predicted molar refractivity (Wildman–Crippen MR) is 49.3 cm³/mol. The number of hydrogen-bond donors (Lipinski definition) is 2. The van der Waals surface area contributed by atoms with E-state index < -0.39 is 12.1 Å². The van der Waals surface area contributed by atoms with Crippen LogP contribution >= 0.6 is 0 Å². The van der Waals surface area contributed by atoms with Gasteiger partial charge in [0.2, 0.25) is 5.89 Å². The van der Waals surface area contributed by atoms with E-state index in [0.29, 0.717) is 11.7 Å². The molecule has 2 atom stereocenters. The maximum absolute atomic E-state index is 9.23. The van der Waals surface area contributed by atoms with Crippen LogP contribution in [0.15, 0.2) is 4.52 Å². The monoisotopic (exact) mass is 197 g/mol. The van der Waals surface area contributed by atoms with Gasteiger partial charge in [0, 0.05) is 6.42 Å². The van der Waals surface area contributed by atoms with Crippen LogP contribution in [-0.2, 0) is 6.42 Å². The Labute approximate surface area is 82.3 Å². The van der Waals surface area contributed by atoms with Crippen LogP contribution in [0.2, 0.25) is 0 Å². The fraction of sp³-hybridized carbons (Fsp3) is 0.778. The largest absolute Gasteiger partial charge is 0.391 e. The van der Waals surface area contributed by atoms with Gasteiger partial charge in [0.15, 0.2) is 5.82 Å². The van der Waals surface area contributed by atoms with Gasteiger partial charge in [0.25, 0.3) is 0 Å². The molecule has 1 heterocycles. The predicted octanol–water partition coefficient (Wildman–Crippen LogP) is 0.403. The van der Waals surface area contributed by atoms with Crippen LogP contribution in [0.5, 0.6) is 0 Å². The summed E-state index contributed by atoms with van der Waals surface area (Å²) < 4.78 is 4.97. The van der Waals surface area contributed by atoms with E-state index in [1.807, 2.05) is 0 Å². The standard InChI is InChI=1S/C9H15N3O2/c1-5(13)8(10)9-11-7(12-14-9)4-6-2-3-6/h5-6,8,13H,2-4,10H2,1H3/t5-,8+/m1/s1. The van der Waals surface area contributed by atoms with Gasteiger partial charge >= 0.3 is 0 Å². The van der Waals surface area contributed by atoms with E-state index in [4.69, 9.17) is 10.3 Å². The molecule has 1 aromatic rings. The summed E-state index contributed by atoms with van der Waals surface area (Å²) in [6.07, 6.45) is 2.72. The summed E-state index contributed by atoms with van der Waals surface area (Å²) in [5.41, 5.74) is 5.65. The first-order valence-corrected chi connectivity index (χ1v) is 4.93. The van der Waals surface area contributed by atoms with Gasteiger partial charge in [0.05, 0.1) is 6.10 Å². The summed E-state index contributed by atoms with van der Waals surface area (Å²) >= 11 is 0. The minimum atomic E-state index is -0.663. The third-order valence-corrected chi connectivity index (χ3v) is 2.46. The van der Waals surface area contributed by atoms with Gasteiger partial charge in [-0.05, 0) is 25.7 Å². The van der Waals surface area contributed by atoms with Gasteiger partial charge in [-0.25, -0.2) is 0 Å². The molecule has 1 fully saturated rings. The summed E-state index contributed by atoms with van der Waals surface area (Å²) in [6.45, 7) is 1.61. The molecule has 0 aromatic carbocycles. The van der Waals surface area contributed by atoms with E-state index in [-0.39, 0.29) is 0 Å². The highest BCUT2D eigenvalue weighted by molar-refractivity contribution is 4.96. The molecule has 0 aliphatic heterocycles. The molecule has 14 heavy (non-hydrogen) atoms. The Kier molecular flexibility index (Phi) is 2.52. The molecule has 0 radical (unpaired) electrons. The third-order valence-electron chi connectivity index (χ3n) is 2.46. The fourth-order valence-electron chi connectivity index (χ4n) is 1.27. The Bertz CT molecular complexity index is 307. The molecule has 0 unspecified atom stereocenters. The van der Waals surface area contributed by atoms with Crippen molar-refractivity contribution in [3.63, 3.8) is 0 Å². The van der Waals surface area contributed by atoms with Crippen molar-refractivity contribution in [3.8, 4) is 0 Å². The van der Waals surface area contributed by atoms with Crippen molar-refractivity contribution in [1.29, 1.82) is 0 Å². The smallest absolute Gasteiger partial charge is 0.246 e. The number of aromatic nitrogens is 2. The average molecular weight is 197 g/mol. The summed E-state index contributed by atoms with van der Waals surface area (Å²) in [5.74, 6) is 1.76. The number of nitrogens with zero attached hydrogens (tertiary/aromatic N) is 2. The van der Waals surface area contributed by atoms with E-state index in [2.05, 4.69) is 10.1 Å². The number of rotatable bonds is 4. The third kappa shape index (κ3) is 2.10.